The lowest BCUT2D eigenvalue weighted by atomic mass is 10.1. The van der Waals surface area contributed by atoms with Crippen LogP contribution in [0.15, 0.2) is 43.1 Å². The molecule has 0 radical (unpaired) electrons. The van der Waals surface area contributed by atoms with E-state index >= 15 is 0 Å². The van der Waals surface area contributed by atoms with Crippen LogP contribution in [-0.4, -0.2) is 41.2 Å². The van der Waals surface area contributed by atoms with Crippen molar-refractivity contribution < 1.29 is 19.4 Å². The Balaban J connectivity index is 1.79. The SMILES string of the molecule is C=CCOCC(NC(=O)CCCc1c[nH]c2ccccc12)C(=O)O. The number of carbonyl (C=O) groups is 2. The fraction of sp³-hybridized carbons (Fsp3) is 0.333. The predicted octanol–water partition coefficient (Wildman–Crippen LogP) is 2.26. The number of carboxylic acid groups (broad SMARTS) is 1. The largest absolute Gasteiger partial charge is 0.480 e. The number of para-hydroxylation sites is 1. The number of nitrogens with one attached hydrogen (secondary N) is 2. The van der Waals surface area contributed by atoms with E-state index in [1.165, 1.54) is 6.08 Å². The number of carbonyl (C=O) groups excluding carboxylic acids is 1. The molecule has 2 aromatic rings. The summed E-state index contributed by atoms with van der Waals surface area (Å²) in [4.78, 5) is 26.2. The van der Waals surface area contributed by atoms with Crippen LogP contribution in [0.1, 0.15) is 18.4 Å². The van der Waals surface area contributed by atoms with E-state index in [2.05, 4.69) is 16.9 Å². The minimum Gasteiger partial charge on any atom is -0.480 e. The average molecular weight is 330 g/mol. The molecular formula is C18H22N2O4. The van der Waals surface area contributed by atoms with Gasteiger partial charge in [0.2, 0.25) is 5.91 Å². The molecule has 128 valence electrons. The Morgan fingerprint density at radius 1 is 1.38 bits per heavy atom. The van der Waals surface area contributed by atoms with Gasteiger partial charge in [0.1, 0.15) is 0 Å². The van der Waals surface area contributed by atoms with Gasteiger partial charge in [0, 0.05) is 23.5 Å². The number of carboxylic acids is 1. The van der Waals surface area contributed by atoms with Crippen molar-refractivity contribution in [2.75, 3.05) is 13.2 Å². The fourth-order valence-electron chi connectivity index (χ4n) is 2.49. The molecular weight excluding hydrogens is 308 g/mol. The Morgan fingerprint density at radius 3 is 2.92 bits per heavy atom. The topological polar surface area (TPSA) is 91.4 Å². The first-order valence-corrected chi connectivity index (χ1v) is 7.87. The lowest BCUT2D eigenvalue weighted by Gasteiger charge is -2.14. The summed E-state index contributed by atoms with van der Waals surface area (Å²) in [5.41, 5.74) is 2.23. The van der Waals surface area contributed by atoms with Crippen molar-refractivity contribution in [3.05, 3.63) is 48.7 Å². The van der Waals surface area contributed by atoms with Crippen molar-refractivity contribution in [1.29, 1.82) is 0 Å². The van der Waals surface area contributed by atoms with Gasteiger partial charge in [0.15, 0.2) is 6.04 Å². The molecule has 1 heterocycles. The van der Waals surface area contributed by atoms with Crippen LogP contribution in [0.4, 0.5) is 0 Å². The zero-order valence-electron chi connectivity index (χ0n) is 13.5. The smallest absolute Gasteiger partial charge is 0.328 e. The average Bonchev–Trinajstić information content (AvgIpc) is 2.97. The number of hydrogen-bond acceptors (Lipinski definition) is 3. The Morgan fingerprint density at radius 2 is 2.17 bits per heavy atom. The number of hydrogen-bond donors (Lipinski definition) is 3. The van der Waals surface area contributed by atoms with E-state index in [1.54, 1.807) is 0 Å². The molecule has 1 atom stereocenters. The zero-order valence-corrected chi connectivity index (χ0v) is 13.5. The van der Waals surface area contributed by atoms with Gasteiger partial charge in [-0.3, -0.25) is 4.79 Å². The number of aliphatic carboxylic acids is 1. The summed E-state index contributed by atoms with van der Waals surface area (Å²) < 4.78 is 5.10. The summed E-state index contributed by atoms with van der Waals surface area (Å²) in [6.07, 6.45) is 5.15. The monoisotopic (exact) mass is 330 g/mol. The van der Waals surface area contributed by atoms with Gasteiger partial charge in [-0.25, -0.2) is 4.79 Å². The first-order valence-electron chi connectivity index (χ1n) is 7.87. The Bertz CT molecular complexity index is 708. The second kappa shape index (κ2) is 8.88. The number of benzene rings is 1. The summed E-state index contributed by atoms with van der Waals surface area (Å²) in [7, 11) is 0. The lowest BCUT2D eigenvalue weighted by molar-refractivity contribution is -0.143. The maximum absolute atomic E-state index is 11.9. The number of aromatic amines is 1. The normalized spacial score (nSPS) is 12.0. The lowest BCUT2D eigenvalue weighted by Crippen LogP contribution is -2.44. The molecule has 0 spiro atoms. The van der Waals surface area contributed by atoms with Gasteiger partial charge in [-0.05, 0) is 24.5 Å². The summed E-state index contributed by atoms with van der Waals surface area (Å²) in [6.45, 7) is 3.66. The predicted molar refractivity (Wildman–Crippen MR) is 91.8 cm³/mol. The second-order valence-electron chi connectivity index (χ2n) is 5.50. The summed E-state index contributed by atoms with van der Waals surface area (Å²) >= 11 is 0. The van der Waals surface area contributed by atoms with Gasteiger partial charge < -0.3 is 20.1 Å². The highest BCUT2D eigenvalue weighted by molar-refractivity contribution is 5.84. The number of amides is 1. The third-order valence-corrected chi connectivity index (χ3v) is 3.68. The standard InChI is InChI=1S/C18H22N2O4/c1-2-10-24-12-16(18(22)23)20-17(21)9-5-6-13-11-19-15-8-4-3-7-14(13)15/h2-4,7-8,11,16,19H,1,5-6,9-10,12H2,(H,20,21)(H,22,23). The molecule has 2 rings (SSSR count). The number of rotatable bonds is 10. The van der Waals surface area contributed by atoms with E-state index in [-0.39, 0.29) is 25.5 Å². The summed E-state index contributed by atoms with van der Waals surface area (Å²) in [6, 6.07) is 6.96. The Hall–Kier alpha value is -2.60. The van der Waals surface area contributed by atoms with Crippen molar-refractivity contribution in [2.45, 2.75) is 25.3 Å². The minimum absolute atomic E-state index is 0.0739. The number of fused-ring (bicyclic) bond motifs is 1. The molecule has 0 saturated carbocycles. The summed E-state index contributed by atoms with van der Waals surface area (Å²) in [5.74, 6) is -1.39. The van der Waals surface area contributed by atoms with Crippen LogP contribution in [0.3, 0.4) is 0 Å². The van der Waals surface area contributed by atoms with Crippen molar-refractivity contribution in [2.24, 2.45) is 0 Å². The van der Waals surface area contributed by atoms with Crippen molar-refractivity contribution >= 4 is 22.8 Å². The fourth-order valence-corrected chi connectivity index (χ4v) is 2.49. The van der Waals surface area contributed by atoms with E-state index < -0.39 is 12.0 Å². The van der Waals surface area contributed by atoms with Crippen LogP contribution >= 0.6 is 0 Å². The maximum atomic E-state index is 11.9. The van der Waals surface area contributed by atoms with Crippen LogP contribution < -0.4 is 5.32 Å². The van der Waals surface area contributed by atoms with Crippen LogP contribution in [0.5, 0.6) is 0 Å². The van der Waals surface area contributed by atoms with Gasteiger partial charge >= 0.3 is 5.97 Å². The van der Waals surface area contributed by atoms with E-state index in [0.29, 0.717) is 6.42 Å². The molecule has 1 amide bonds. The molecule has 0 aliphatic rings. The van der Waals surface area contributed by atoms with Crippen molar-refractivity contribution in [3.63, 3.8) is 0 Å². The van der Waals surface area contributed by atoms with Crippen LogP contribution in [0.2, 0.25) is 0 Å². The Kier molecular flexibility index (Phi) is 6.57. The van der Waals surface area contributed by atoms with E-state index in [1.807, 2.05) is 30.5 Å². The molecule has 6 nitrogen and oxygen atoms in total. The first kappa shape index (κ1) is 17.7. The number of aryl methyl sites for hydroxylation is 1. The third kappa shape index (κ3) is 4.96. The highest BCUT2D eigenvalue weighted by Crippen LogP contribution is 2.19. The molecule has 1 aromatic carbocycles. The number of H-pyrrole nitrogens is 1. The molecule has 1 unspecified atom stereocenters. The van der Waals surface area contributed by atoms with Gasteiger partial charge in [0.25, 0.3) is 0 Å². The first-order chi connectivity index (χ1) is 11.6. The quantitative estimate of drug-likeness (QED) is 0.460. The van der Waals surface area contributed by atoms with Crippen LogP contribution in [0.25, 0.3) is 10.9 Å². The van der Waals surface area contributed by atoms with Crippen LogP contribution in [-0.2, 0) is 20.7 Å². The molecule has 0 saturated heterocycles. The number of ether oxygens (including phenoxy) is 1. The summed E-state index contributed by atoms with van der Waals surface area (Å²) in [5, 5.41) is 12.7. The van der Waals surface area contributed by atoms with Gasteiger partial charge in [-0.2, -0.15) is 0 Å². The molecule has 6 heteroatoms. The van der Waals surface area contributed by atoms with E-state index in [4.69, 9.17) is 9.84 Å². The van der Waals surface area contributed by atoms with Crippen molar-refractivity contribution in [3.8, 4) is 0 Å². The highest BCUT2D eigenvalue weighted by Gasteiger charge is 2.19. The molecule has 1 aromatic heterocycles. The molecule has 0 aliphatic heterocycles. The molecule has 0 fully saturated rings. The zero-order chi connectivity index (χ0) is 17.4. The molecule has 24 heavy (non-hydrogen) atoms. The number of aromatic nitrogens is 1. The third-order valence-electron chi connectivity index (χ3n) is 3.68. The highest BCUT2D eigenvalue weighted by atomic mass is 16.5. The molecule has 3 N–H and O–H groups in total. The Labute approximate surface area is 140 Å². The van der Waals surface area contributed by atoms with Crippen molar-refractivity contribution in [1.82, 2.24) is 10.3 Å². The van der Waals surface area contributed by atoms with Crippen LogP contribution in [0, 0.1) is 0 Å². The maximum Gasteiger partial charge on any atom is 0.328 e. The van der Waals surface area contributed by atoms with E-state index in [0.717, 1.165) is 22.9 Å². The van der Waals surface area contributed by atoms with E-state index in [9.17, 15) is 9.59 Å². The van der Waals surface area contributed by atoms with Gasteiger partial charge in [0.05, 0.1) is 13.2 Å². The molecule has 0 aliphatic carbocycles. The minimum atomic E-state index is -1.11. The van der Waals surface area contributed by atoms with Gasteiger partial charge in [-0.15, -0.1) is 6.58 Å². The molecule has 0 bridgehead atoms. The van der Waals surface area contributed by atoms with Gasteiger partial charge in [-0.1, -0.05) is 24.3 Å². The second-order valence-corrected chi connectivity index (χ2v) is 5.50.